The van der Waals surface area contributed by atoms with E-state index in [1.807, 2.05) is 0 Å². The number of anilines is 2. The molecule has 2 atom stereocenters. The van der Waals surface area contributed by atoms with Crippen LogP contribution in [0.25, 0.3) is 0 Å². The third kappa shape index (κ3) is 4.52. The summed E-state index contributed by atoms with van der Waals surface area (Å²) in [4.78, 5) is 15.1. The second-order valence-corrected chi connectivity index (χ2v) is 14.1. The first-order chi connectivity index (χ1) is 18.8. The number of amidine groups is 1. The molecule has 3 aliphatic carbocycles. The molecule has 3 N–H and O–H groups in total. The van der Waals surface area contributed by atoms with Crippen LogP contribution in [0.4, 0.5) is 20.2 Å². The minimum Gasteiger partial charge on any atom is -0.511 e. The predicted octanol–water partition coefficient (Wildman–Crippen LogP) is 3.51. The molecule has 7 rings (SSSR count). The van der Waals surface area contributed by atoms with Crippen molar-refractivity contribution in [3.05, 3.63) is 64.9 Å². The molecule has 2 aliphatic heterocycles. The van der Waals surface area contributed by atoms with Gasteiger partial charge in [0.05, 0.1) is 11.9 Å². The molecule has 0 aromatic heterocycles. The summed E-state index contributed by atoms with van der Waals surface area (Å²) in [5.41, 5.74) is -0.169. The molecule has 212 valence electrons. The number of benzene rings is 2. The van der Waals surface area contributed by atoms with E-state index in [9.17, 15) is 35.5 Å². The van der Waals surface area contributed by atoms with E-state index in [0.29, 0.717) is 0 Å². The number of nitrogens with one attached hydrogen (secondary N) is 2. The molecule has 0 spiro atoms. The Morgan fingerprint density at radius 1 is 1.10 bits per heavy atom. The predicted molar refractivity (Wildman–Crippen MR) is 142 cm³/mol. The number of aliphatic hydroxyl groups excluding tert-OH is 1. The van der Waals surface area contributed by atoms with Gasteiger partial charge in [-0.3, -0.25) is 9.52 Å². The van der Waals surface area contributed by atoms with Crippen molar-refractivity contribution in [2.75, 3.05) is 16.3 Å². The van der Waals surface area contributed by atoms with Gasteiger partial charge in [0.2, 0.25) is 10.0 Å². The molecule has 5 aliphatic rings. The maximum atomic E-state index is 14.7. The summed E-state index contributed by atoms with van der Waals surface area (Å²) in [5.74, 6) is -3.28. The van der Waals surface area contributed by atoms with Crippen LogP contribution in [-0.4, -0.2) is 50.9 Å². The lowest BCUT2D eigenvalue weighted by Gasteiger charge is -2.54. The molecule has 2 bridgehead atoms. The Morgan fingerprint density at radius 3 is 2.48 bits per heavy atom. The van der Waals surface area contributed by atoms with Gasteiger partial charge in [-0.1, -0.05) is 6.07 Å². The highest BCUT2D eigenvalue weighted by Gasteiger charge is 2.54. The zero-order chi connectivity index (χ0) is 28.6. The molecule has 2 aromatic rings. The molecule has 1 amide bonds. The van der Waals surface area contributed by atoms with Gasteiger partial charge in [-0.2, -0.15) is 8.42 Å². The first-order valence-electron chi connectivity index (χ1n) is 12.7. The van der Waals surface area contributed by atoms with Gasteiger partial charge in [0.25, 0.3) is 15.9 Å². The zero-order valence-electron chi connectivity index (χ0n) is 21.3. The van der Waals surface area contributed by atoms with Crippen LogP contribution >= 0.6 is 0 Å². The lowest BCUT2D eigenvalue weighted by Crippen LogP contribution is -2.60. The van der Waals surface area contributed by atoms with Gasteiger partial charge in [-0.25, -0.2) is 17.2 Å². The van der Waals surface area contributed by atoms with E-state index >= 15 is 0 Å². The maximum Gasteiger partial charge on any atom is 0.286 e. The minimum atomic E-state index is -4.42. The largest absolute Gasteiger partial charge is 0.511 e. The number of carbonyl (C=O) groups is 1. The number of hydrogen-bond acceptors (Lipinski definition) is 7. The summed E-state index contributed by atoms with van der Waals surface area (Å²) in [6.45, 7) is -0.191. The number of hydrogen-bond donors (Lipinski definition) is 3. The van der Waals surface area contributed by atoms with Crippen LogP contribution in [0.1, 0.15) is 31.2 Å². The third-order valence-corrected chi connectivity index (χ3v) is 10.1. The van der Waals surface area contributed by atoms with Crippen molar-refractivity contribution in [1.82, 2.24) is 4.90 Å². The number of amides is 1. The Labute approximate surface area is 229 Å². The van der Waals surface area contributed by atoms with E-state index in [1.165, 1.54) is 23.1 Å². The van der Waals surface area contributed by atoms with Crippen LogP contribution in [0.2, 0.25) is 0 Å². The first kappa shape index (κ1) is 26.7. The second-order valence-electron chi connectivity index (χ2n) is 10.7. The van der Waals surface area contributed by atoms with Crippen molar-refractivity contribution in [2.45, 2.75) is 43.2 Å². The van der Waals surface area contributed by atoms with Crippen LogP contribution in [0.5, 0.6) is 0 Å². The summed E-state index contributed by atoms with van der Waals surface area (Å²) < 4.78 is 83.9. The highest BCUT2D eigenvalue weighted by molar-refractivity contribution is 7.92. The van der Waals surface area contributed by atoms with Crippen molar-refractivity contribution < 1.29 is 35.5 Å². The van der Waals surface area contributed by atoms with Crippen molar-refractivity contribution in [3.63, 3.8) is 0 Å². The summed E-state index contributed by atoms with van der Waals surface area (Å²) >= 11 is 0. The van der Waals surface area contributed by atoms with Gasteiger partial charge in [0, 0.05) is 35.8 Å². The number of nitrogens with zero attached hydrogens (tertiary/aromatic N) is 2. The Hall–Kier alpha value is -3.52. The Kier molecular flexibility index (Phi) is 6.18. The quantitative estimate of drug-likeness (QED) is 0.482. The zero-order valence-corrected chi connectivity index (χ0v) is 22.9. The molecular formula is C26H26F2N4O6S2. The molecule has 3 saturated carbocycles. The minimum absolute atomic E-state index is 0.00894. The maximum absolute atomic E-state index is 14.7. The summed E-state index contributed by atoms with van der Waals surface area (Å²) in [5, 5.41) is 14.3. The van der Waals surface area contributed by atoms with Crippen LogP contribution < -0.4 is 10.0 Å². The summed E-state index contributed by atoms with van der Waals surface area (Å²) in [6, 6.07) is 6.48. The molecule has 0 unspecified atom stereocenters. The lowest BCUT2D eigenvalue weighted by atomic mass is 9.59. The van der Waals surface area contributed by atoms with E-state index in [4.69, 9.17) is 0 Å². The van der Waals surface area contributed by atoms with Crippen LogP contribution in [0.3, 0.4) is 0 Å². The van der Waals surface area contributed by atoms with E-state index in [2.05, 4.69) is 14.4 Å². The van der Waals surface area contributed by atoms with Gasteiger partial charge < -0.3 is 15.3 Å². The number of carbonyl (C=O) groups excluding carboxylic acids is 1. The van der Waals surface area contributed by atoms with Crippen molar-refractivity contribution in [3.8, 4) is 0 Å². The van der Waals surface area contributed by atoms with Gasteiger partial charge in [0.1, 0.15) is 27.9 Å². The second kappa shape index (κ2) is 9.26. The molecule has 2 heterocycles. The standard InChI is InChI=1S/C26H26F2N4O6S2/c1-39(35,36)30-17-8-9-19-20(11-17)40(37,38)31-25(29-19)22-24(33)21-13-2-4-14(5-3-13)23(21)32(26(22)34)12-15-6-7-16(27)10-18(15)28/h6-11,13-14,21,23,30,33H,2-5,12H2,1H3,(H,29,31)/t13?,14?,21-,23+/m1/s1. The molecule has 14 heteroatoms. The van der Waals surface area contributed by atoms with Crippen molar-refractivity contribution >= 4 is 43.2 Å². The molecule has 3 fully saturated rings. The van der Waals surface area contributed by atoms with Crippen molar-refractivity contribution in [2.24, 2.45) is 22.2 Å². The van der Waals surface area contributed by atoms with E-state index in [0.717, 1.165) is 50.1 Å². The Morgan fingerprint density at radius 2 is 1.80 bits per heavy atom. The number of rotatable bonds is 5. The highest BCUT2D eigenvalue weighted by atomic mass is 32.2. The smallest absolute Gasteiger partial charge is 0.286 e. The van der Waals surface area contributed by atoms with Crippen LogP contribution in [0, 0.1) is 29.4 Å². The molecule has 0 radical (unpaired) electrons. The first-order valence-corrected chi connectivity index (χ1v) is 16.1. The summed E-state index contributed by atoms with van der Waals surface area (Å²) in [6.07, 6.45) is 4.26. The topological polar surface area (TPSA) is 145 Å². The average Bonchev–Trinajstić information content (AvgIpc) is 2.87. The molecule has 10 nitrogen and oxygen atoms in total. The fraction of sp³-hybridized carbons (Fsp3) is 0.385. The van der Waals surface area contributed by atoms with Gasteiger partial charge in [-0.05, 0) is 61.8 Å². The third-order valence-electron chi connectivity index (χ3n) is 8.20. The Balaban J connectivity index is 1.43. The molecular weight excluding hydrogens is 566 g/mol. The van der Waals surface area contributed by atoms with Crippen LogP contribution in [-0.2, 0) is 31.4 Å². The molecule has 40 heavy (non-hydrogen) atoms. The fourth-order valence-corrected chi connectivity index (χ4v) is 8.29. The van der Waals surface area contributed by atoms with Crippen LogP contribution in [0.15, 0.2) is 57.0 Å². The van der Waals surface area contributed by atoms with Gasteiger partial charge in [0.15, 0.2) is 5.84 Å². The van der Waals surface area contributed by atoms with Gasteiger partial charge >= 0.3 is 0 Å². The SMILES string of the molecule is CS(=O)(=O)Nc1ccc2c(c1)S(=O)(=O)N=C(C1=C(O)[C@@H]3C4CCC(CC4)[C@@H]3N(Cc3ccc(F)cc3F)C1=O)N2. The average molecular weight is 593 g/mol. The summed E-state index contributed by atoms with van der Waals surface area (Å²) in [7, 11) is -8.10. The molecule has 0 saturated heterocycles. The Bertz CT molecular complexity index is 1720. The molecule has 2 aromatic carbocycles. The van der Waals surface area contributed by atoms with E-state index < -0.39 is 49.5 Å². The van der Waals surface area contributed by atoms with E-state index in [1.54, 1.807) is 0 Å². The monoisotopic (exact) mass is 592 g/mol. The van der Waals surface area contributed by atoms with Crippen molar-refractivity contribution in [1.29, 1.82) is 0 Å². The number of aliphatic hydroxyl groups is 1. The normalized spacial score (nSPS) is 27.0. The highest BCUT2D eigenvalue weighted by Crippen LogP contribution is 2.52. The van der Waals surface area contributed by atoms with Gasteiger partial charge in [-0.15, -0.1) is 4.40 Å². The number of sulfonamides is 2. The lowest BCUT2D eigenvalue weighted by molar-refractivity contribution is -0.140. The fourth-order valence-electron chi connectivity index (χ4n) is 6.58. The number of halogens is 2. The van der Waals surface area contributed by atoms with E-state index in [-0.39, 0.29) is 57.4 Å². The number of fused-ring (bicyclic) bond motifs is 3.